The maximum absolute atomic E-state index is 14.6. The fourth-order valence-electron chi connectivity index (χ4n) is 3.25. The average Bonchev–Trinajstić information content (AvgIpc) is 2.52. The molecule has 1 N–H and O–H groups in total. The molecule has 0 saturated carbocycles. The summed E-state index contributed by atoms with van der Waals surface area (Å²) in [5, 5.41) is 3.41. The molecule has 1 aromatic rings. The van der Waals surface area contributed by atoms with E-state index >= 15 is 0 Å². The monoisotopic (exact) mass is 292 g/mol. The van der Waals surface area contributed by atoms with Crippen molar-refractivity contribution in [1.29, 1.82) is 0 Å². The van der Waals surface area contributed by atoms with E-state index in [-0.39, 0.29) is 11.9 Å². The molecule has 0 radical (unpaired) electrons. The zero-order valence-corrected chi connectivity index (χ0v) is 13.7. The highest BCUT2D eigenvalue weighted by Gasteiger charge is 2.23. The summed E-state index contributed by atoms with van der Waals surface area (Å²) in [6.45, 7) is 8.39. The molecule has 0 amide bonds. The minimum absolute atomic E-state index is 0.0713. The van der Waals surface area contributed by atoms with Gasteiger partial charge in [0.2, 0.25) is 0 Å². The molecule has 2 atom stereocenters. The molecule has 0 bridgehead atoms. The van der Waals surface area contributed by atoms with Gasteiger partial charge in [0.05, 0.1) is 5.69 Å². The van der Waals surface area contributed by atoms with E-state index in [9.17, 15) is 4.39 Å². The van der Waals surface area contributed by atoms with E-state index in [0.29, 0.717) is 6.04 Å². The van der Waals surface area contributed by atoms with Gasteiger partial charge in [-0.2, -0.15) is 0 Å². The molecule has 2 nitrogen and oxygen atoms in total. The Labute approximate surface area is 128 Å². The highest BCUT2D eigenvalue weighted by Crippen LogP contribution is 2.30. The number of rotatable bonds is 6. The number of hydrogen-bond acceptors (Lipinski definition) is 2. The third-order valence-electron chi connectivity index (χ3n) is 4.58. The third kappa shape index (κ3) is 3.97. The molecule has 1 heterocycles. The van der Waals surface area contributed by atoms with Crippen molar-refractivity contribution in [1.82, 2.24) is 5.32 Å². The van der Waals surface area contributed by atoms with Crippen LogP contribution in [0.4, 0.5) is 10.1 Å². The first-order valence-corrected chi connectivity index (χ1v) is 8.46. The largest absolute Gasteiger partial charge is 0.366 e. The lowest BCUT2D eigenvalue weighted by Gasteiger charge is -2.37. The number of nitrogens with zero attached hydrogens (tertiary/aromatic N) is 1. The van der Waals surface area contributed by atoms with Gasteiger partial charge in [-0.1, -0.05) is 19.9 Å². The van der Waals surface area contributed by atoms with Crippen LogP contribution < -0.4 is 10.2 Å². The minimum atomic E-state index is -0.0713. The Balaban J connectivity index is 2.14. The highest BCUT2D eigenvalue weighted by molar-refractivity contribution is 5.51. The summed E-state index contributed by atoms with van der Waals surface area (Å²) in [5.74, 6) is -0.0713. The van der Waals surface area contributed by atoms with E-state index in [4.69, 9.17) is 0 Å². The van der Waals surface area contributed by atoms with E-state index in [1.54, 1.807) is 6.07 Å². The standard InChI is InChI=1S/C18H29FN2/c1-4-11-20-14(3)15-9-10-18(17(19)13-15)21-12-7-6-8-16(21)5-2/h9-10,13-14,16,20H,4-8,11-12H2,1-3H3. The molecule has 1 aromatic carbocycles. The van der Waals surface area contributed by atoms with Crippen LogP contribution in [0.15, 0.2) is 18.2 Å². The molecule has 1 fully saturated rings. The van der Waals surface area contributed by atoms with Gasteiger partial charge in [0, 0.05) is 18.6 Å². The van der Waals surface area contributed by atoms with Gasteiger partial charge < -0.3 is 10.2 Å². The van der Waals surface area contributed by atoms with Crippen LogP contribution >= 0.6 is 0 Å². The van der Waals surface area contributed by atoms with Crippen LogP contribution in [-0.4, -0.2) is 19.1 Å². The summed E-state index contributed by atoms with van der Waals surface area (Å²) in [6, 6.07) is 6.46. The average molecular weight is 292 g/mol. The van der Waals surface area contributed by atoms with E-state index in [1.807, 2.05) is 6.07 Å². The Kier molecular flexibility index (Phi) is 6.04. The molecule has 2 unspecified atom stereocenters. The fourth-order valence-corrected chi connectivity index (χ4v) is 3.25. The van der Waals surface area contributed by atoms with Gasteiger partial charge in [0.1, 0.15) is 5.82 Å². The Morgan fingerprint density at radius 3 is 2.81 bits per heavy atom. The first kappa shape index (κ1) is 16.3. The summed E-state index contributed by atoms with van der Waals surface area (Å²) in [4.78, 5) is 2.27. The molecule has 21 heavy (non-hydrogen) atoms. The Morgan fingerprint density at radius 1 is 1.33 bits per heavy atom. The number of nitrogens with one attached hydrogen (secondary N) is 1. The fraction of sp³-hybridized carbons (Fsp3) is 0.667. The van der Waals surface area contributed by atoms with Crippen LogP contribution in [0.2, 0.25) is 0 Å². The van der Waals surface area contributed by atoms with Crippen LogP contribution in [0.1, 0.15) is 64.5 Å². The van der Waals surface area contributed by atoms with Gasteiger partial charge in [0.25, 0.3) is 0 Å². The minimum Gasteiger partial charge on any atom is -0.366 e. The smallest absolute Gasteiger partial charge is 0.146 e. The van der Waals surface area contributed by atoms with E-state index in [2.05, 4.69) is 37.1 Å². The molecule has 118 valence electrons. The van der Waals surface area contributed by atoms with Crippen molar-refractivity contribution >= 4 is 5.69 Å². The van der Waals surface area contributed by atoms with Crippen LogP contribution in [-0.2, 0) is 0 Å². The van der Waals surface area contributed by atoms with Gasteiger partial charge >= 0.3 is 0 Å². The molecule has 0 aliphatic carbocycles. The van der Waals surface area contributed by atoms with Gasteiger partial charge in [-0.3, -0.25) is 0 Å². The maximum Gasteiger partial charge on any atom is 0.146 e. The van der Waals surface area contributed by atoms with Crippen molar-refractivity contribution in [3.63, 3.8) is 0 Å². The van der Waals surface area contributed by atoms with Crippen molar-refractivity contribution < 1.29 is 4.39 Å². The first-order chi connectivity index (χ1) is 10.2. The number of benzene rings is 1. The van der Waals surface area contributed by atoms with Crippen molar-refractivity contribution in [3.05, 3.63) is 29.6 Å². The third-order valence-corrected chi connectivity index (χ3v) is 4.58. The second kappa shape index (κ2) is 7.79. The van der Waals surface area contributed by atoms with Crippen LogP contribution in [0.25, 0.3) is 0 Å². The predicted octanol–water partition coefficient (Wildman–Crippen LogP) is 4.66. The van der Waals surface area contributed by atoms with Crippen molar-refractivity contribution in [2.75, 3.05) is 18.0 Å². The molecule has 1 aliphatic rings. The quantitative estimate of drug-likeness (QED) is 0.820. The molecule has 2 rings (SSSR count). The number of piperidine rings is 1. The van der Waals surface area contributed by atoms with Gasteiger partial charge in [-0.05, 0) is 63.3 Å². The van der Waals surface area contributed by atoms with E-state index < -0.39 is 0 Å². The van der Waals surface area contributed by atoms with Gasteiger partial charge in [0.15, 0.2) is 0 Å². The zero-order valence-electron chi connectivity index (χ0n) is 13.7. The molecule has 3 heteroatoms. The number of halogens is 1. The summed E-state index contributed by atoms with van der Waals surface area (Å²) >= 11 is 0. The predicted molar refractivity (Wildman–Crippen MR) is 88.4 cm³/mol. The van der Waals surface area contributed by atoms with E-state index in [0.717, 1.165) is 37.2 Å². The lowest BCUT2D eigenvalue weighted by molar-refractivity contribution is 0.443. The van der Waals surface area contributed by atoms with E-state index in [1.165, 1.54) is 19.3 Å². The number of hydrogen-bond donors (Lipinski definition) is 1. The SMILES string of the molecule is CCCNC(C)c1ccc(N2CCCCC2CC)c(F)c1. The molecule has 1 saturated heterocycles. The molecular formula is C18H29FN2. The second-order valence-electron chi connectivity index (χ2n) is 6.14. The van der Waals surface area contributed by atoms with Crippen molar-refractivity contribution in [2.24, 2.45) is 0 Å². The van der Waals surface area contributed by atoms with Crippen molar-refractivity contribution in [3.8, 4) is 0 Å². The second-order valence-corrected chi connectivity index (χ2v) is 6.14. The first-order valence-electron chi connectivity index (χ1n) is 8.46. The maximum atomic E-state index is 14.6. The lowest BCUT2D eigenvalue weighted by Crippen LogP contribution is -2.39. The normalized spacial score (nSPS) is 20.6. The lowest BCUT2D eigenvalue weighted by atomic mass is 9.98. The van der Waals surface area contributed by atoms with Crippen molar-refractivity contribution in [2.45, 2.75) is 65.0 Å². The Hall–Kier alpha value is -1.09. The Bertz CT molecular complexity index is 447. The summed E-state index contributed by atoms with van der Waals surface area (Å²) in [5.41, 5.74) is 1.82. The van der Waals surface area contributed by atoms with Crippen LogP contribution in [0.5, 0.6) is 0 Å². The molecule has 0 aromatic heterocycles. The molecule has 0 spiro atoms. The molecular weight excluding hydrogens is 263 g/mol. The summed E-state index contributed by atoms with van der Waals surface area (Å²) in [6.07, 6.45) is 5.82. The van der Waals surface area contributed by atoms with Crippen LogP contribution in [0, 0.1) is 5.82 Å². The van der Waals surface area contributed by atoms with Crippen LogP contribution in [0.3, 0.4) is 0 Å². The Morgan fingerprint density at radius 2 is 2.14 bits per heavy atom. The molecule has 1 aliphatic heterocycles. The van der Waals surface area contributed by atoms with Gasteiger partial charge in [-0.25, -0.2) is 4.39 Å². The van der Waals surface area contributed by atoms with Gasteiger partial charge in [-0.15, -0.1) is 0 Å². The summed E-state index contributed by atoms with van der Waals surface area (Å²) in [7, 11) is 0. The zero-order chi connectivity index (χ0) is 15.2. The number of anilines is 1. The summed E-state index contributed by atoms with van der Waals surface area (Å²) < 4.78 is 14.6. The highest BCUT2D eigenvalue weighted by atomic mass is 19.1. The topological polar surface area (TPSA) is 15.3 Å².